The molecular weight excluding hydrogens is 427 g/mol. The van der Waals surface area contributed by atoms with Gasteiger partial charge in [-0.2, -0.15) is 0 Å². The van der Waals surface area contributed by atoms with E-state index in [1.54, 1.807) is 0 Å². The van der Waals surface area contributed by atoms with E-state index in [1.807, 2.05) is 30.3 Å². The summed E-state index contributed by atoms with van der Waals surface area (Å²) in [5, 5.41) is 2.13. The molecule has 0 amide bonds. The third-order valence-corrected chi connectivity index (χ3v) is 17.9. The summed E-state index contributed by atoms with van der Waals surface area (Å²) in [6.07, 6.45) is 7.15. The van der Waals surface area contributed by atoms with E-state index < -0.39 is 18.8 Å². The Morgan fingerprint density at radius 1 is 0.808 bits per heavy atom. The third-order valence-electron chi connectivity index (χ3n) is 5.28. The zero-order chi connectivity index (χ0) is 18.8. The van der Waals surface area contributed by atoms with E-state index in [-0.39, 0.29) is 5.97 Å². The molecule has 0 fully saturated rings. The molecule has 3 heteroatoms. The van der Waals surface area contributed by atoms with Crippen LogP contribution in [0.3, 0.4) is 0 Å². The van der Waals surface area contributed by atoms with Crippen LogP contribution in [-0.4, -0.2) is 24.8 Å². The van der Waals surface area contributed by atoms with E-state index in [4.69, 9.17) is 3.07 Å². The molecule has 0 aliphatic heterocycles. The Balaban J connectivity index is 2.30. The van der Waals surface area contributed by atoms with Crippen molar-refractivity contribution in [3.05, 3.63) is 48.0 Å². The average Bonchev–Trinajstić information content (AvgIpc) is 2.68. The number of rotatable bonds is 11. The molecule has 2 rings (SSSR count). The van der Waals surface area contributed by atoms with Crippen LogP contribution in [0.15, 0.2) is 42.5 Å². The summed E-state index contributed by atoms with van der Waals surface area (Å²) in [7, 11) is 0. The van der Waals surface area contributed by atoms with Crippen LogP contribution in [-0.2, 0) is 3.07 Å². The second-order valence-corrected chi connectivity index (χ2v) is 19.0. The van der Waals surface area contributed by atoms with Gasteiger partial charge in [-0.05, 0) is 0 Å². The minimum absolute atomic E-state index is 0.0686. The summed E-state index contributed by atoms with van der Waals surface area (Å²) in [6, 6.07) is 14.1. The molecule has 26 heavy (non-hydrogen) atoms. The summed E-state index contributed by atoms with van der Waals surface area (Å²) in [6.45, 7) is 6.72. The monoisotopic (exact) mass is 462 g/mol. The predicted molar refractivity (Wildman–Crippen MR) is 114 cm³/mol. The Bertz CT molecular complexity index is 668. The average molecular weight is 461 g/mol. The van der Waals surface area contributed by atoms with Crippen molar-refractivity contribution in [1.82, 2.24) is 0 Å². The van der Waals surface area contributed by atoms with Crippen LogP contribution in [0.2, 0.25) is 13.3 Å². The molecule has 0 spiro atoms. The van der Waals surface area contributed by atoms with Gasteiger partial charge in [0.25, 0.3) is 0 Å². The van der Waals surface area contributed by atoms with Crippen LogP contribution in [0.25, 0.3) is 10.8 Å². The number of unbranched alkanes of at least 4 members (excludes halogenated alkanes) is 3. The van der Waals surface area contributed by atoms with E-state index in [9.17, 15) is 4.79 Å². The molecule has 0 aromatic heterocycles. The van der Waals surface area contributed by atoms with Gasteiger partial charge in [-0.3, -0.25) is 0 Å². The number of fused-ring (bicyclic) bond motifs is 1. The van der Waals surface area contributed by atoms with E-state index >= 15 is 0 Å². The molecule has 0 atom stereocenters. The minimum atomic E-state index is -2.93. The van der Waals surface area contributed by atoms with Gasteiger partial charge >= 0.3 is 164 Å². The van der Waals surface area contributed by atoms with Gasteiger partial charge in [0.1, 0.15) is 0 Å². The Labute approximate surface area is 163 Å². The fourth-order valence-corrected chi connectivity index (χ4v) is 16.7. The zero-order valence-corrected chi connectivity index (χ0v) is 19.6. The molecule has 2 nitrogen and oxygen atoms in total. The molecule has 0 unspecified atom stereocenters. The molecule has 142 valence electrons. The van der Waals surface area contributed by atoms with Gasteiger partial charge < -0.3 is 0 Å². The van der Waals surface area contributed by atoms with Crippen molar-refractivity contribution in [3.8, 4) is 0 Å². The van der Waals surface area contributed by atoms with E-state index in [0.29, 0.717) is 0 Å². The summed E-state index contributed by atoms with van der Waals surface area (Å²) in [4.78, 5) is 13.2. The molecule has 0 heterocycles. The first-order chi connectivity index (χ1) is 12.7. The van der Waals surface area contributed by atoms with Gasteiger partial charge in [0, 0.05) is 0 Å². The Hall–Kier alpha value is -1.03. The predicted octanol–water partition coefficient (Wildman–Crippen LogP) is 7.34. The zero-order valence-electron chi connectivity index (χ0n) is 16.7. The molecule has 0 saturated carbocycles. The number of hydrogen-bond acceptors (Lipinski definition) is 2. The van der Waals surface area contributed by atoms with Gasteiger partial charge in [0.15, 0.2) is 0 Å². The fraction of sp³-hybridized carbons (Fsp3) is 0.522. The fourth-order valence-electron chi connectivity index (χ4n) is 3.68. The number of benzene rings is 2. The van der Waals surface area contributed by atoms with Gasteiger partial charge in [-0.25, -0.2) is 0 Å². The van der Waals surface area contributed by atoms with Crippen LogP contribution in [0.5, 0.6) is 0 Å². The number of carbonyl (C=O) groups excluding carboxylic acids is 1. The standard InChI is InChI=1S/C11H8O2.3C4H9.Sn/c12-11(13)10-7-3-5-8-4-1-2-6-9(8)10;3*1-3-4-2;/h1-7H,(H,12,13);3*1,3-4H2,2H3;/q;;;;+1/p-1. The van der Waals surface area contributed by atoms with Crippen molar-refractivity contribution in [2.75, 3.05) is 0 Å². The van der Waals surface area contributed by atoms with Crippen molar-refractivity contribution in [3.63, 3.8) is 0 Å². The van der Waals surface area contributed by atoms with Gasteiger partial charge in [0.2, 0.25) is 0 Å². The second-order valence-electron chi connectivity index (χ2n) is 7.41. The Kier molecular flexibility index (Phi) is 8.97. The van der Waals surface area contributed by atoms with Gasteiger partial charge in [0.05, 0.1) is 0 Å². The van der Waals surface area contributed by atoms with E-state index in [2.05, 4.69) is 32.9 Å². The van der Waals surface area contributed by atoms with E-state index in [0.717, 1.165) is 16.3 Å². The number of hydrogen-bond donors (Lipinski definition) is 0. The summed E-state index contributed by atoms with van der Waals surface area (Å²) >= 11 is -2.93. The van der Waals surface area contributed by atoms with Crippen molar-refractivity contribution in [1.29, 1.82) is 0 Å². The van der Waals surface area contributed by atoms with Crippen LogP contribution in [0.4, 0.5) is 0 Å². The molecule has 0 saturated heterocycles. The molecule has 2 aromatic rings. The molecule has 0 aliphatic carbocycles. The Morgan fingerprint density at radius 2 is 1.35 bits per heavy atom. The normalized spacial score (nSPS) is 11.7. The maximum atomic E-state index is 13.2. The van der Waals surface area contributed by atoms with Gasteiger partial charge in [-0.1, -0.05) is 0 Å². The SMILES string of the molecule is CCC[CH2][Sn]([CH2]CCC)([CH2]CCC)[O]C(=O)c1cccc2ccccc12. The van der Waals surface area contributed by atoms with Crippen molar-refractivity contribution in [2.24, 2.45) is 0 Å². The van der Waals surface area contributed by atoms with Crippen LogP contribution in [0, 0.1) is 0 Å². The second kappa shape index (κ2) is 11.0. The Morgan fingerprint density at radius 3 is 1.92 bits per heavy atom. The first kappa shape index (κ1) is 21.3. The van der Waals surface area contributed by atoms with Crippen LogP contribution >= 0.6 is 0 Å². The maximum absolute atomic E-state index is 13.2. The molecule has 0 bridgehead atoms. The van der Waals surface area contributed by atoms with Crippen molar-refractivity contribution in [2.45, 2.75) is 72.6 Å². The third kappa shape index (κ3) is 5.73. The summed E-state index contributed by atoms with van der Waals surface area (Å²) in [5.74, 6) is -0.0686. The molecule has 0 radical (unpaired) electrons. The molecular formula is C23H34O2Sn. The first-order valence-corrected chi connectivity index (χ1v) is 17.6. The number of carbonyl (C=O) groups is 1. The van der Waals surface area contributed by atoms with Crippen LogP contribution < -0.4 is 0 Å². The van der Waals surface area contributed by atoms with Crippen LogP contribution in [0.1, 0.15) is 69.7 Å². The first-order valence-electron chi connectivity index (χ1n) is 10.4. The van der Waals surface area contributed by atoms with Crippen molar-refractivity contribution >= 4 is 35.5 Å². The quantitative estimate of drug-likeness (QED) is 0.327. The van der Waals surface area contributed by atoms with Crippen molar-refractivity contribution < 1.29 is 7.87 Å². The topological polar surface area (TPSA) is 26.3 Å². The molecule has 2 aromatic carbocycles. The summed E-state index contributed by atoms with van der Waals surface area (Å²) < 4.78 is 10.1. The van der Waals surface area contributed by atoms with Gasteiger partial charge in [-0.15, -0.1) is 0 Å². The molecule has 0 aliphatic rings. The van der Waals surface area contributed by atoms with E-state index in [1.165, 1.54) is 51.8 Å². The molecule has 0 N–H and O–H groups in total. The summed E-state index contributed by atoms with van der Waals surface area (Å²) in [5.41, 5.74) is 0.744.